The standard InChI is InChI=1S/C13H13F3N4O3/c14-13(15,16)10-3-4-20(19-10)8-12(22)18-7-11(21)17-6-9-2-1-5-23-9/h1-5H,6-8H2,(H,17,21)(H,18,22). The highest BCUT2D eigenvalue weighted by Crippen LogP contribution is 2.27. The van der Waals surface area contributed by atoms with Crippen molar-refractivity contribution in [1.82, 2.24) is 20.4 Å². The molecule has 0 aliphatic rings. The van der Waals surface area contributed by atoms with E-state index in [1.807, 2.05) is 0 Å². The third-order valence-corrected chi connectivity index (χ3v) is 2.72. The topological polar surface area (TPSA) is 89.2 Å². The van der Waals surface area contributed by atoms with Crippen LogP contribution < -0.4 is 10.6 Å². The minimum absolute atomic E-state index is 0.176. The lowest BCUT2D eigenvalue weighted by Crippen LogP contribution is -2.38. The Bertz CT molecular complexity index is 664. The average molecular weight is 330 g/mol. The van der Waals surface area contributed by atoms with Crippen LogP contribution in [0, 0.1) is 0 Å². The zero-order valence-corrected chi connectivity index (χ0v) is 11.8. The summed E-state index contributed by atoms with van der Waals surface area (Å²) in [6, 6.07) is 4.11. The van der Waals surface area contributed by atoms with E-state index >= 15 is 0 Å². The molecular formula is C13H13F3N4O3. The van der Waals surface area contributed by atoms with Gasteiger partial charge >= 0.3 is 6.18 Å². The van der Waals surface area contributed by atoms with Crippen LogP contribution in [0.3, 0.4) is 0 Å². The van der Waals surface area contributed by atoms with Crippen molar-refractivity contribution in [3.05, 3.63) is 42.1 Å². The van der Waals surface area contributed by atoms with Crippen LogP contribution in [0.2, 0.25) is 0 Å². The Balaban J connectivity index is 1.72. The van der Waals surface area contributed by atoms with Crippen molar-refractivity contribution in [1.29, 1.82) is 0 Å². The first-order valence-corrected chi connectivity index (χ1v) is 6.51. The number of alkyl halides is 3. The Labute approximate surface area is 128 Å². The van der Waals surface area contributed by atoms with Crippen LogP contribution >= 0.6 is 0 Å². The van der Waals surface area contributed by atoms with Gasteiger partial charge in [0.1, 0.15) is 12.3 Å². The summed E-state index contributed by atoms with van der Waals surface area (Å²) in [6.07, 6.45) is -2.06. The number of carbonyl (C=O) groups excluding carboxylic acids is 2. The van der Waals surface area contributed by atoms with Crippen LogP contribution in [0.5, 0.6) is 0 Å². The predicted molar refractivity (Wildman–Crippen MR) is 70.8 cm³/mol. The van der Waals surface area contributed by atoms with Crippen molar-refractivity contribution in [2.75, 3.05) is 6.54 Å². The fraction of sp³-hybridized carbons (Fsp3) is 0.308. The Hall–Kier alpha value is -2.78. The maximum Gasteiger partial charge on any atom is 0.435 e. The number of aromatic nitrogens is 2. The van der Waals surface area contributed by atoms with Crippen molar-refractivity contribution < 1.29 is 27.2 Å². The third kappa shape index (κ3) is 5.16. The van der Waals surface area contributed by atoms with E-state index in [1.54, 1.807) is 12.1 Å². The molecule has 0 spiro atoms. The van der Waals surface area contributed by atoms with Crippen LogP contribution in [0.1, 0.15) is 11.5 Å². The highest BCUT2D eigenvalue weighted by molar-refractivity contribution is 5.84. The molecule has 0 radical (unpaired) electrons. The van der Waals surface area contributed by atoms with Gasteiger partial charge in [0.25, 0.3) is 0 Å². The van der Waals surface area contributed by atoms with Gasteiger partial charge in [-0.3, -0.25) is 14.3 Å². The fourth-order valence-electron chi connectivity index (χ4n) is 1.64. The van der Waals surface area contributed by atoms with Crippen molar-refractivity contribution in [3.63, 3.8) is 0 Å². The average Bonchev–Trinajstić information content (AvgIpc) is 3.13. The first-order valence-electron chi connectivity index (χ1n) is 6.51. The Morgan fingerprint density at radius 2 is 2.00 bits per heavy atom. The molecule has 0 aromatic carbocycles. The number of hydrogen-bond acceptors (Lipinski definition) is 4. The molecule has 23 heavy (non-hydrogen) atoms. The molecule has 2 N–H and O–H groups in total. The second-order valence-electron chi connectivity index (χ2n) is 4.53. The Kier molecular flexibility index (Phi) is 5.04. The molecule has 0 saturated heterocycles. The maximum absolute atomic E-state index is 12.4. The van der Waals surface area contributed by atoms with Crippen molar-refractivity contribution in [3.8, 4) is 0 Å². The van der Waals surface area contributed by atoms with E-state index in [4.69, 9.17) is 4.42 Å². The van der Waals surface area contributed by atoms with E-state index in [9.17, 15) is 22.8 Å². The summed E-state index contributed by atoms with van der Waals surface area (Å²) in [5, 5.41) is 8.03. The number of carbonyl (C=O) groups is 2. The first kappa shape index (κ1) is 16.6. The van der Waals surface area contributed by atoms with Gasteiger partial charge in [0.15, 0.2) is 5.69 Å². The molecule has 2 aromatic heterocycles. The molecule has 2 aromatic rings. The highest BCUT2D eigenvalue weighted by atomic mass is 19.4. The molecule has 10 heteroatoms. The zero-order valence-electron chi connectivity index (χ0n) is 11.8. The minimum atomic E-state index is -4.56. The van der Waals surface area contributed by atoms with Crippen LogP contribution in [0.25, 0.3) is 0 Å². The smallest absolute Gasteiger partial charge is 0.435 e. The number of amides is 2. The fourth-order valence-corrected chi connectivity index (χ4v) is 1.64. The third-order valence-electron chi connectivity index (χ3n) is 2.72. The quantitative estimate of drug-likeness (QED) is 0.824. The number of furan rings is 1. The van der Waals surface area contributed by atoms with Crippen LogP contribution in [0.4, 0.5) is 13.2 Å². The minimum Gasteiger partial charge on any atom is -0.467 e. The Morgan fingerprint density at radius 3 is 2.61 bits per heavy atom. The molecule has 0 saturated carbocycles. The van der Waals surface area contributed by atoms with E-state index in [0.717, 1.165) is 16.9 Å². The van der Waals surface area contributed by atoms with E-state index < -0.39 is 30.2 Å². The van der Waals surface area contributed by atoms with Gasteiger partial charge < -0.3 is 15.1 Å². The lowest BCUT2D eigenvalue weighted by atomic mass is 10.4. The lowest BCUT2D eigenvalue weighted by molar-refractivity contribution is -0.141. The molecule has 124 valence electrons. The van der Waals surface area contributed by atoms with Gasteiger partial charge in [-0.05, 0) is 18.2 Å². The maximum atomic E-state index is 12.4. The number of halogens is 3. The van der Waals surface area contributed by atoms with Gasteiger partial charge in [0, 0.05) is 6.20 Å². The molecule has 2 heterocycles. The lowest BCUT2D eigenvalue weighted by Gasteiger charge is -2.06. The molecule has 0 bridgehead atoms. The van der Waals surface area contributed by atoms with E-state index in [-0.39, 0.29) is 13.1 Å². The van der Waals surface area contributed by atoms with E-state index in [1.165, 1.54) is 6.26 Å². The summed E-state index contributed by atoms with van der Waals surface area (Å²) in [6.45, 7) is -0.537. The number of nitrogens with zero attached hydrogens (tertiary/aromatic N) is 2. The molecule has 2 rings (SSSR count). The summed E-state index contributed by atoms with van der Waals surface area (Å²) in [5.74, 6) is -0.526. The number of hydrogen-bond donors (Lipinski definition) is 2. The SMILES string of the molecule is O=C(CNC(=O)Cn1ccc(C(F)(F)F)n1)NCc1ccco1. The van der Waals surface area contributed by atoms with Crippen LogP contribution in [-0.4, -0.2) is 28.1 Å². The predicted octanol–water partition coefficient (Wildman–Crippen LogP) is 0.927. The van der Waals surface area contributed by atoms with Gasteiger partial charge in [-0.25, -0.2) is 0 Å². The van der Waals surface area contributed by atoms with Gasteiger partial charge in [-0.15, -0.1) is 0 Å². The highest BCUT2D eigenvalue weighted by Gasteiger charge is 2.33. The largest absolute Gasteiger partial charge is 0.467 e. The summed E-state index contributed by atoms with van der Waals surface area (Å²) >= 11 is 0. The van der Waals surface area contributed by atoms with E-state index in [2.05, 4.69) is 15.7 Å². The molecule has 0 unspecified atom stereocenters. The summed E-state index contributed by atoms with van der Waals surface area (Å²) in [4.78, 5) is 23.0. The summed E-state index contributed by atoms with van der Waals surface area (Å²) in [5.41, 5.74) is -1.08. The zero-order chi connectivity index (χ0) is 16.9. The van der Waals surface area contributed by atoms with Crippen LogP contribution in [-0.2, 0) is 28.9 Å². The molecular weight excluding hydrogens is 317 g/mol. The van der Waals surface area contributed by atoms with Crippen molar-refractivity contribution in [2.24, 2.45) is 0 Å². The van der Waals surface area contributed by atoms with Gasteiger partial charge in [-0.2, -0.15) is 18.3 Å². The van der Waals surface area contributed by atoms with Gasteiger partial charge in [-0.1, -0.05) is 0 Å². The molecule has 7 nitrogen and oxygen atoms in total. The van der Waals surface area contributed by atoms with Gasteiger partial charge in [0.2, 0.25) is 11.8 Å². The molecule has 0 fully saturated rings. The molecule has 0 atom stereocenters. The van der Waals surface area contributed by atoms with Crippen molar-refractivity contribution in [2.45, 2.75) is 19.3 Å². The van der Waals surface area contributed by atoms with Gasteiger partial charge in [0.05, 0.1) is 19.4 Å². The molecule has 2 amide bonds. The first-order chi connectivity index (χ1) is 10.8. The normalized spacial score (nSPS) is 11.3. The molecule has 0 aliphatic heterocycles. The number of nitrogens with one attached hydrogen (secondary N) is 2. The summed E-state index contributed by atoms with van der Waals surface area (Å²) in [7, 11) is 0. The van der Waals surface area contributed by atoms with Crippen molar-refractivity contribution >= 4 is 11.8 Å². The number of rotatable bonds is 6. The summed E-state index contributed by atoms with van der Waals surface area (Å²) < 4.78 is 42.9. The Morgan fingerprint density at radius 1 is 1.22 bits per heavy atom. The van der Waals surface area contributed by atoms with E-state index in [0.29, 0.717) is 5.76 Å². The second kappa shape index (κ2) is 6.99. The molecule has 0 aliphatic carbocycles. The monoisotopic (exact) mass is 330 g/mol. The second-order valence-corrected chi connectivity index (χ2v) is 4.53. The van der Waals surface area contributed by atoms with Crippen LogP contribution in [0.15, 0.2) is 35.1 Å².